The average Bonchev–Trinajstić information content (AvgIpc) is 3.12. The van der Waals surface area contributed by atoms with Crippen molar-refractivity contribution >= 4 is 17.3 Å². The zero-order valence-electron chi connectivity index (χ0n) is 12.5. The lowest BCUT2D eigenvalue weighted by molar-refractivity contribution is 0.201. The monoisotopic (exact) mass is 305 g/mol. The van der Waals surface area contributed by atoms with E-state index in [1.807, 2.05) is 12.1 Å². The Hall–Kier alpha value is -0.770. The summed E-state index contributed by atoms with van der Waals surface area (Å²) < 4.78 is 0. The predicted octanol–water partition coefficient (Wildman–Crippen LogP) is 2.60. The van der Waals surface area contributed by atoms with Gasteiger partial charge in [0.15, 0.2) is 0 Å². The minimum absolute atomic E-state index is 0.810. The van der Waals surface area contributed by atoms with E-state index in [1.54, 1.807) is 0 Å². The van der Waals surface area contributed by atoms with E-state index < -0.39 is 0 Å². The number of nitrogens with zero attached hydrogens (tertiary/aromatic N) is 2. The van der Waals surface area contributed by atoms with E-state index in [2.05, 4.69) is 27.2 Å². The quantitative estimate of drug-likeness (QED) is 0.926. The van der Waals surface area contributed by atoms with Crippen LogP contribution in [-0.4, -0.2) is 49.7 Å². The smallest absolute Gasteiger partial charge is 0.0407 e. The summed E-state index contributed by atoms with van der Waals surface area (Å²) in [6.07, 6.45) is 4.22. The van der Waals surface area contributed by atoms with Crippen LogP contribution in [0.15, 0.2) is 24.3 Å². The van der Waals surface area contributed by atoms with Crippen molar-refractivity contribution in [1.29, 1.82) is 0 Å². The topological polar surface area (TPSA) is 18.5 Å². The van der Waals surface area contributed by atoms with Crippen LogP contribution in [0.2, 0.25) is 5.02 Å². The molecule has 3 fully saturated rings. The third kappa shape index (κ3) is 2.92. The fourth-order valence-corrected chi connectivity index (χ4v) is 4.44. The van der Waals surface area contributed by atoms with E-state index in [1.165, 1.54) is 44.6 Å². The number of piperazine rings is 1. The van der Waals surface area contributed by atoms with E-state index in [0.717, 1.165) is 36.1 Å². The van der Waals surface area contributed by atoms with Crippen molar-refractivity contribution in [3.63, 3.8) is 0 Å². The van der Waals surface area contributed by atoms with Gasteiger partial charge in [-0.1, -0.05) is 11.6 Å². The van der Waals surface area contributed by atoms with E-state index in [4.69, 9.17) is 11.6 Å². The maximum atomic E-state index is 5.97. The Bertz CT molecular complexity index is 481. The number of hydrogen-bond acceptors (Lipinski definition) is 3. The summed E-state index contributed by atoms with van der Waals surface area (Å²) in [6.45, 7) is 5.95. The van der Waals surface area contributed by atoms with Crippen LogP contribution in [0.5, 0.6) is 0 Å². The van der Waals surface area contributed by atoms with Gasteiger partial charge in [-0.25, -0.2) is 0 Å². The number of halogens is 1. The number of hydrogen-bond donors (Lipinski definition) is 1. The van der Waals surface area contributed by atoms with Crippen LogP contribution in [0.1, 0.15) is 19.3 Å². The van der Waals surface area contributed by atoms with Gasteiger partial charge in [0.1, 0.15) is 0 Å². The molecule has 21 heavy (non-hydrogen) atoms. The molecular weight excluding hydrogens is 282 g/mol. The molecule has 3 saturated heterocycles. The van der Waals surface area contributed by atoms with Crippen molar-refractivity contribution in [3.05, 3.63) is 29.3 Å². The van der Waals surface area contributed by atoms with Crippen molar-refractivity contribution in [2.24, 2.45) is 5.92 Å². The summed E-state index contributed by atoms with van der Waals surface area (Å²) in [5, 5.41) is 4.58. The summed E-state index contributed by atoms with van der Waals surface area (Å²) in [5.74, 6) is 0.894. The van der Waals surface area contributed by atoms with E-state index in [0.29, 0.717) is 0 Å². The molecule has 0 spiro atoms. The van der Waals surface area contributed by atoms with E-state index >= 15 is 0 Å². The fraction of sp³-hybridized carbons (Fsp3) is 0.647. The van der Waals surface area contributed by atoms with Crippen molar-refractivity contribution in [3.8, 4) is 0 Å². The number of nitrogens with one attached hydrogen (secondary N) is 1. The molecular formula is C17H24ClN3. The molecule has 1 aromatic carbocycles. The Labute approximate surface area is 132 Å². The van der Waals surface area contributed by atoms with Gasteiger partial charge in [-0.05, 0) is 49.4 Å². The van der Waals surface area contributed by atoms with Gasteiger partial charge in [-0.15, -0.1) is 0 Å². The molecule has 1 N–H and O–H groups in total. The lowest BCUT2D eigenvalue weighted by Gasteiger charge is -2.38. The normalized spacial score (nSPS) is 32.8. The Morgan fingerprint density at radius 3 is 2.43 bits per heavy atom. The molecule has 3 unspecified atom stereocenters. The van der Waals surface area contributed by atoms with Gasteiger partial charge in [0, 0.05) is 55.5 Å². The summed E-state index contributed by atoms with van der Waals surface area (Å²) >= 11 is 5.97. The summed E-state index contributed by atoms with van der Waals surface area (Å²) in [4.78, 5) is 5.14. The van der Waals surface area contributed by atoms with Crippen LogP contribution in [0.3, 0.4) is 0 Å². The number of fused-ring (bicyclic) bond motifs is 2. The van der Waals surface area contributed by atoms with Gasteiger partial charge >= 0.3 is 0 Å². The molecule has 0 saturated carbocycles. The van der Waals surface area contributed by atoms with Crippen molar-refractivity contribution in [1.82, 2.24) is 10.2 Å². The highest BCUT2D eigenvalue weighted by Crippen LogP contribution is 2.33. The molecule has 3 heterocycles. The molecule has 4 heteroatoms. The molecule has 4 rings (SSSR count). The van der Waals surface area contributed by atoms with Gasteiger partial charge in [0.05, 0.1) is 0 Å². The summed E-state index contributed by atoms with van der Waals surface area (Å²) in [5.41, 5.74) is 1.31. The number of rotatable bonds is 3. The van der Waals surface area contributed by atoms with Crippen LogP contribution >= 0.6 is 11.6 Å². The second-order valence-electron chi connectivity index (χ2n) is 6.81. The van der Waals surface area contributed by atoms with Crippen molar-refractivity contribution in [2.45, 2.75) is 31.3 Å². The maximum absolute atomic E-state index is 5.97. The standard InChI is InChI=1S/C17H24ClN3/c18-14-1-4-16(5-2-14)21-9-7-20(8-10-21)12-13-11-15-3-6-17(13)19-15/h1-2,4-5,13,15,17,19H,3,6-12H2. The number of benzene rings is 1. The average molecular weight is 306 g/mol. The van der Waals surface area contributed by atoms with Crippen LogP contribution in [0.4, 0.5) is 5.69 Å². The second kappa shape index (κ2) is 5.79. The van der Waals surface area contributed by atoms with Crippen molar-refractivity contribution in [2.75, 3.05) is 37.6 Å². The molecule has 1 aromatic rings. The van der Waals surface area contributed by atoms with Crippen LogP contribution < -0.4 is 10.2 Å². The van der Waals surface area contributed by atoms with E-state index in [9.17, 15) is 0 Å². The first kappa shape index (κ1) is 13.9. The highest BCUT2D eigenvalue weighted by atomic mass is 35.5. The van der Waals surface area contributed by atoms with E-state index in [-0.39, 0.29) is 0 Å². The third-order valence-corrected chi connectivity index (χ3v) is 5.74. The molecule has 0 aromatic heterocycles. The summed E-state index contributed by atoms with van der Waals surface area (Å²) in [6, 6.07) is 9.89. The molecule has 0 aliphatic carbocycles. The van der Waals surface area contributed by atoms with Crippen LogP contribution in [0.25, 0.3) is 0 Å². The van der Waals surface area contributed by atoms with Gasteiger partial charge in [0.25, 0.3) is 0 Å². The van der Waals surface area contributed by atoms with Crippen molar-refractivity contribution < 1.29 is 0 Å². The molecule has 3 atom stereocenters. The van der Waals surface area contributed by atoms with Gasteiger partial charge in [-0.3, -0.25) is 4.90 Å². The highest BCUT2D eigenvalue weighted by molar-refractivity contribution is 6.30. The lowest BCUT2D eigenvalue weighted by Crippen LogP contribution is -2.48. The zero-order valence-corrected chi connectivity index (χ0v) is 13.2. The minimum atomic E-state index is 0.810. The highest BCUT2D eigenvalue weighted by Gasteiger charge is 2.39. The molecule has 3 aliphatic heterocycles. The first-order valence-corrected chi connectivity index (χ1v) is 8.64. The SMILES string of the molecule is Clc1ccc(N2CCN(CC3CC4CCC3N4)CC2)cc1. The summed E-state index contributed by atoms with van der Waals surface area (Å²) in [7, 11) is 0. The second-order valence-corrected chi connectivity index (χ2v) is 7.24. The number of anilines is 1. The molecule has 0 radical (unpaired) electrons. The molecule has 2 bridgehead atoms. The Morgan fingerprint density at radius 2 is 1.81 bits per heavy atom. The van der Waals surface area contributed by atoms with Gasteiger partial charge in [0.2, 0.25) is 0 Å². The molecule has 114 valence electrons. The first-order valence-electron chi connectivity index (χ1n) is 8.27. The Kier molecular flexibility index (Phi) is 3.82. The predicted molar refractivity (Wildman–Crippen MR) is 88.2 cm³/mol. The van der Waals surface area contributed by atoms with Crippen LogP contribution in [-0.2, 0) is 0 Å². The van der Waals surface area contributed by atoms with Crippen LogP contribution in [0, 0.1) is 5.92 Å². The molecule has 0 amide bonds. The minimum Gasteiger partial charge on any atom is -0.369 e. The van der Waals surface area contributed by atoms with Gasteiger partial charge in [-0.2, -0.15) is 0 Å². The third-order valence-electron chi connectivity index (χ3n) is 5.49. The first-order chi connectivity index (χ1) is 10.3. The Morgan fingerprint density at radius 1 is 1.05 bits per heavy atom. The fourth-order valence-electron chi connectivity index (χ4n) is 4.31. The lowest BCUT2D eigenvalue weighted by atomic mass is 9.88. The van der Waals surface area contributed by atoms with Gasteiger partial charge < -0.3 is 10.2 Å². The maximum Gasteiger partial charge on any atom is 0.0407 e. The largest absolute Gasteiger partial charge is 0.369 e. The Balaban J connectivity index is 1.29. The molecule has 3 nitrogen and oxygen atoms in total. The zero-order chi connectivity index (χ0) is 14.2. The molecule has 3 aliphatic rings.